The summed E-state index contributed by atoms with van der Waals surface area (Å²) in [4.78, 5) is 28.3. The first-order chi connectivity index (χ1) is 9.63. The van der Waals surface area contributed by atoms with Gasteiger partial charge in [-0.05, 0) is 44.0 Å². The van der Waals surface area contributed by atoms with Crippen LogP contribution in [0.15, 0.2) is 24.3 Å². The SMILES string of the molecule is COc1ccc(N2C(=O)C3CCCN3C(=O)C2C)cc1. The molecule has 2 saturated heterocycles. The monoisotopic (exact) mass is 274 g/mol. The summed E-state index contributed by atoms with van der Waals surface area (Å²) in [7, 11) is 1.60. The van der Waals surface area contributed by atoms with Crippen LogP contribution in [0, 0.1) is 0 Å². The lowest BCUT2D eigenvalue weighted by Crippen LogP contribution is -2.62. The first-order valence-corrected chi connectivity index (χ1v) is 6.91. The third kappa shape index (κ3) is 1.85. The van der Waals surface area contributed by atoms with Crippen molar-refractivity contribution in [3.63, 3.8) is 0 Å². The Morgan fingerprint density at radius 1 is 1.15 bits per heavy atom. The highest BCUT2D eigenvalue weighted by molar-refractivity contribution is 6.08. The van der Waals surface area contributed by atoms with Crippen LogP contribution in [0.5, 0.6) is 5.75 Å². The number of piperazine rings is 1. The normalized spacial score (nSPS) is 25.9. The third-order valence-corrected chi connectivity index (χ3v) is 4.15. The molecule has 0 radical (unpaired) electrons. The molecule has 2 aliphatic rings. The molecule has 106 valence electrons. The summed E-state index contributed by atoms with van der Waals surface area (Å²) in [6.07, 6.45) is 1.68. The molecule has 0 bridgehead atoms. The van der Waals surface area contributed by atoms with Gasteiger partial charge >= 0.3 is 0 Å². The van der Waals surface area contributed by atoms with Gasteiger partial charge in [0, 0.05) is 12.2 Å². The maximum atomic E-state index is 12.6. The molecule has 3 rings (SSSR count). The molecule has 0 saturated carbocycles. The lowest BCUT2D eigenvalue weighted by Gasteiger charge is -2.40. The van der Waals surface area contributed by atoms with E-state index in [-0.39, 0.29) is 17.9 Å². The molecule has 2 fully saturated rings. The van der Waals surface area contributed by atoms with E-state index in [0.29, 0.717) is 6.54 Å². The van der Waals surface area contributed by atoms with Crippen molar-refractivity contribution in [1.29, 1.82) is 0 Å². The molecule has 0 spiro atoms. The standard InChI is InChI=1S/C15H18N2O3/c1-10-14(18)16-9-3-4-13(16)15(19)17(10)11-5-7-12(20-2)8-6-11/h5-8,10,13H,3-4,9H2,1-2H3. The molecule has 0 aliphatic carbocycles. The van der Waals surface area contributed by atoms with Gasteiger partial charge in [-0.25, -0.2) is 0 Å². The van der Waals surface area contributed by atoms with E-state index in [1.807, 2.05) is 12.1 Å². The van der Waals surface area contributed by atoms with Crippen molar-refractivity contribution in [2.45, 2.75) is 31.8 Å². The van der Waals surface area contributed by atoms with Crippen molar-refractivity contribution in [1.82, 2.24) is 4.90 Å². The second-order valence-electron chi connectivity index (χ2n) is 5.27. The van der Waals surface area contributed by atoms with Gasteiger partial charge in [-0.15, -0.1) is 0 Å². The molecule has 0 N–H and O–H groups in total. The first-order valence-electron chi connectivity index (χ1n) is 6.91. The first kappa shape index (κ1) is 13.0. The highest BCUT2D eigenvalue weighted by atomic mass is 16.5. The van der Waals surface area contributed by atoms with Gasteiger partial charge in [-0.1, -0.05) is 0 Å². The second-order valence-corrected chi connectivity index (χ2v) is 5.27. The van der Waals surface area contributed by atoms with Crippen molar-refractivity contribution in [2.75, 3.05) is 18.6 Å². The molecule has 2 amide bonds. The molecular formula is C15H18N2O3. The number of benzene rings is 1. The summed E-state index contributed by atoms with van der Waals surface area (Å²) in [5.41, 5.74) is 0.753. The minimum absolute atomic E-state index is 0.0276. The van der Waals surface area contributed by atoms with Crippen molar-refractivity contribution in [3.05, 3.63) is 24.3 Å². The molecule has 2 atom stereocenters. The van der Waals surface area contributed by atoms with E-state index in [1.165, 1.54) is 0 Å². The number of amides is 2. The fraction of sp³-hybridized carbons (Fsp3) is 0.467. The van der Waals surface area contributed by atoms with Crippen LogP contribution in [0.1, 0.15) is 19.8 Å². The van der Waals surface area contributed by atoms with Crippen LogP contribution in [0.25, 0.3) is 0 Å². The van der Waals surface area contributed by atoms with E-state index in [0.717, 1.165) is 24.3 Å². The predicted octanol–water partition coefficient (Wildman–Crippen LogP) is 1.42. The van der Waals surface area contributed by atoms with Crippen LogP contribution in [0.3, 0.4) is 0 Å². The number of anilines is 1. The summed E-state index contributed by atoms with van der Waals surface area (Å²) in [5.74, 6) is 0.808. The van der Waals surface area contributed by atoms with E-state index in [9.17, 15) is 9.59 Å². The van der Waals surface area contributed by atoms with Gasteiger partial charge in [0.1, 0.15) is 17.8 Å². The molecule has 5 heteroatoms. The van der Waals surface area contributed by atoms with Gasteiger partial charge < -0.3 is 9.64 Å². The van der Waals surface area contributed by atoms with Crippen molar-refractivity contribution >= 4 is 17.5 Å². The van der Waals surface area contributed by atoms with Gasteiger partial charge in [0.05, 0.1) is 7.11 Å². The number of hydrogen-bond donors (Lipinski definition) is 0. The van der Waals surface area contributed by atoms with Crippen LogP contribution in [-0.2, 0) is 9.59 Å². The molecule has 1 aromatic carbocycles. The Morgan fingerprint density at radius 3 is 2.50 bits per heavy atom. The zero-order chi connectivity index (χ0) is 14.3. The Hall–Kier alpha value is -2.04. The molecule has 5 nitrogen and oxygen atoms in total. The molecule has 1 aromatic rings. The van der Waals surface area contributed by atoms with Gasteiger partial charge in [-0.3, -0.25) is 14.5 Å². The Morgan fingerprint density at radius 2 is 1.85 bits per heavy atom. The number of methoxy groups -OCH3 is 1. The number of carbonyl (C=O) groups is 2. The lowest BCUT2D eigenvalue weighted by atomic mass is 10.1. The smallest absolute Gasteiger partial charge is 0.250 e. The summed E-state index contributed by atoms with van der Waals surface area (Å²) in [5, 5.41) is 0. The van der Waals surface area contributed by atoms with Crippen LogP contribution in [0.4, 0.5) is 5.69 Å². The zero-order valence-corrected chi connectivity index (χ0v) is 11.7. The van der Waals surface area contributed by atoms with Gasteiger partial charge in [0.15, 0.2) is 0 Å². The van der Waals surface area contributed by atoms with Gasteiger partial charge in [0.25, 0.3) is 5.91 Å². The number of hydrogen-bond acceptors (Lipinski definition) is 3. The molecule has 2 unspecified atom stereocenters. The van der Waals surface area contributed by atoms with Crippen LogP contribution >= 0.6 is 0 Å². The summed E-state index contributed by atoms with van der Waals surface area (Å²) >= 11 is 0. The fourth-order valence-corrected chi connectivity index (χ4v) is 3.08. The highest BCUT2D eigenvalue weighted by Gasteiger charge is 2.46. The van der Waals surface area contributed by atoms with E-state index >= 15 is 0 Å². The topological polar surface area (TPSA) is 49.9 Å². The lowest BCUT2D eigenvalue weighted by molar-refractivity contribution is -0.143. The van der Waals surface area contributed by atoms with Crippen molar-refractivity contribution in [2.24, 2.45) is 0 Å². The van der Waals surface area contributed by atoms with E-state index < -0.39 is 6.04 Å². The number of fused-ring (bicyclic) bond motifs is 1. The maximum Gasteiger partial charge on any atom is 0.250 e. The Kier molecular flexibility index (Phi) is 3.12. The Bertz CT molecular complexity index is 541. The minimum atomic E-state index is -0.440. The molecular weight excluding hydrogens is 256 g/mol. The molecule has 2 aliphatic heterocycles. The average Bonchev–Trinajstić information content (AvgIpc) is 2.96. The summed E-state index contributed by atoms with van der Waals surface area (Å²) < 4.78 is 5.12. The quantitative estimate of drug-likeness (QED) is 0.819. The number of nitrogens with zero attached hydrogens (tertiary/aromatic N) is 2. The second kappa shape index (κ2) is 4.81. The van der Waals surface area contributed by atoms with Crippen molar-refractivity contribution in [3.8, 4) is 5.75 Å². The summed E-state index contributed by atoms with van der Waals surface area (Å²) in [6, 6.07) is 6.55. The highest BCUT2D eigenvalue weighted by Crippen LogP contribution is 2.31. The van der Waals surface area contributed by atoms with E-state index in [4.69, 9.17) is 4.74 Å². The van der Waals surface area contributed by atoms with Crippen LogP contribution in [-0.4, -0.2) is 42.5 Å². The average molecular weight is 274 g/mol. The van der Waals surface area contributed by atoms with E-state index in [2.05, 4.69) is 0 Å². The van der Waals surface area contributed by atoms with E-state index in [1.54, 1.807) is 36.0 Å². The number of carbonyl (C=O) groups excluding carboxylic acids is 2. The number of ether oxygens (including phenoxy) is 1. The largest absolute Gasteiger partial charge is 0.497 e. The number of rotatable bonds is 2. The molecule has 2 heterocycles. The van der Waals surface area contributed by atoms with Crippen molar-refractivity contribution < 1.29 is 14.3 Å². The molecule has 0 aromatic heterocycles. The van der Waals surface area contributed by atoms with Crippen LogP contribution < -0.4 is 9.64 Å². The zero-order valence-electron chi connectivity index (χ0n) is 11.7. The summed E-state index contributed by atoms with van der Waals surface area (Å²) in [6.45, 7) is 2.50. The maximum absolute atomic E-state index is 12.6. The Labute approximate surface area is 118 Å². The predicted molar refractivity (Wildman–Crippen MR) is 74.7 cm³/mol. The fourth-order valence-electron chi connectivity index (χ4n) is 3.08. The Balaban J connectivity index is 1.94. The van der Waals surface area contributed by atoms with Gasteiger partial charge in [0.2, 0.25) is 5.91 Å². The van der Waals surface area contributed by atoms with Crippen LogP contribution in [0.2, 0.25) is 0 Å². The third-order valence-electron chi connectivity index (χ3n) is 4.15. The molecule has 20 heavy (non-hydrogen) atoms. The van der Waals surface area contributed by atoms with Gasteiger partial charge in [-0.2, -0.15) is 0 Å². The minimum Gasteiger partial charge on any atom is -0.497 e.